The molecule has 4 rings (SSSR count). The van der Waals surface area contributed by atoms with Gasteiger partial charge in [-0.1, -0.05) is 0 Å². The third kappa shape index (κ3) is 2.95. The van der Waals surface area contributed by atoms with Gasteiger partial charge in [0.25, 0.3) is 5.56 Å². The summed E-state index contributed by atoms with van der Waals surface area (Å²) in [5.74, 6) is 1.02. The summed E-state index contributed by atoms with van der Waals surface area (Å²) in [4.78, 5) is 14.2. The van der Waals surface area contributed by atoms with Gasteiger partial charge in [0, 0.05) is 50.6 Å². The summed E-state index contributed by atoms with van der Waals surface area (Å²) in [6.45, 7) is 4.30. The van der Waals surface area contributed by atoms with Crippen molar-refractivity contribution in [3.8, 4) is 0 Å². The largest absolute Gasteiger partial charge is 0.386 e. The SMILES string of the molecule is O=c1ccc(C2CC2)nn1CC1CN(CC2(O)CCOC2)C1. The van der Waals surface area contributed by atoms with E-state index in [-0.39, 0.29) is 5.56 Å². The number of likely N-dealkylation sites (tertiary alicyclic amines) is 1. The Bertz CT molecular complexity index is 599. The second-order valence-corrected chi connectivity index (χ2v) is 7.14. The molecule has 22 heavy (non-hydrogen) atoms. The van der Waals surface area contributed by atoms with Crippen molar-refractivity contribution in [3.05, 3.63) is 28.2 Å². The standard InChI is InChI=1S/C16H23N3O3/c20-15-4-3-14(13-1-2-13)17-19(15)9-12-7-18(8-12)10-16(21)5-6-22-11-16/h3-4,12-13,21H,1-2,5-11H2. The molecule has 0 spiro atoms. The van der Waals surface area contributed by atoms with E-state index in [0.717, 1.165) is 25.2 Å². The Morgan fingerprint density at radius 2 is 2.18 bits per heavy atom. The number of rotatable bonds is 5. The van der Waals surface area contributed by atoms with Gasteiger partial charge in [-0.3, -0.25) is 9.69 Å². The lowest BCUT2D eigenvalue weighted by molar-refractivity contribution is -0.0380. The number of aliphatic hydroxyl groups is 1. The first-order valence-corrected chi connectivity index (χ1v) is 8.22. The van der Waals surface area contributed by atoms with Gasteiger partial charge in [-0.05, 0) is 18.9 Å². The van der Waals surface area contributed by atoms with Crippen LogP contribution in [0.1, 0.15) is 30.9 Å². The summed E-state index contributed by atoms with van der Waals surface area (Å²) in [5, 5.41) is 14.8. The molecular formula is C16H23N3O3. The van der Waals surface area contributed by atoms with Gasteiger partial charge in [0.1, 0.15) is 5.60 Å². The number of hydrogen-bond acceptors (Lipinski definition) is 5. The highest BCUT2D eigenvalue weighted by molar-refractivity contribution is 5.12. The molecule has 6 heteroatoms. The van der Waals surface area contributed by atoms with Crippen LogP contribution < -0.4 is 5.56 Å². The molecule has 1 N–H and O–H groups in total. The normalized spacial score (nSPS) is 29.7. The summed E-state index contributed by atoms with van der Waals surface area (Å²) in [6.07, 6.45) is 3.12. The first-order valence-electron chi connectivity index (χ1n) is 8.22. The molecule has 1 aliphatic carbocycles. The average molecular weight is 305 g/mol. The summed E-state index contributed by atoms with van der Waals surface area (Å²) in [5.41, 5.74) is 0.380. The fourth-order valence-electron chi connectivity index (χ4n) is 3.50. The minimum atomic E-state index is -0.675. The van der Waals surface area contributed by atoms with E-state index >= 15 is 0 Å². The van der Waals surface area contributed by atoms with Gasteiger partial charge in [0.2, 0.25) is 0 Å². The Hall–Kier alpha value is -1.24. The second kappa shape index (κ2) is 5.44. The van der Waals surface area contributed by atoms with Crippen molar-refractivity contribution < 1.29 is 9.84 Å². The average Bonchev–Trinajstić information content (AvgIpc) is 3.21. The maximum atomic E-state index is 11.9. The molecule has 1 saturated carbocycles. The molecule has 0 amide bonds. The summed E-state index contributed by atoms with van der Waals surface area (Å²) < 4.78 is 6.91. The number of ether oxygens (including phenoxy) is 1. The van der Waals surface area contributed by atoms with Gasteiger partial charge in [0.15, 0.2) is 0 Å². The number of β-amino-alcohol motifs (C(OH)–C–C–N with tert-alkyl or cyclic N) is 1. The van der Waals surface area contributed by atoms with Crippen LogP contribution in [-0.2, 0) is 11.3 Å². The predicted octanol–water partition coefficient (Wildman–Crippen LogP) is 0.204. The molecule has 0 bridgehead atoms. The highest BCUT2D eigenvalue weighted by Crippen LogP contribution is 2.38. The molecule has 3 heterocycles. The third-order valence-corrected chi connectivity index (χ3v) is 4.95. The van der Waals surface area contributed by atoms with Gasteiger partial charge < -0.3 is 9.84 Å². The minimum Gasteiger partial charge on any atom is -0.386 e. The molecule has 1 atom stereocenters. The summed E-state index contributed by atoms with van der Waals surface area (Å²) in [6, 6.07) is 3.52. The van der Waals surface area contributed by atoms with Crippen LogP contribution in [-0.4, -0.2) is 58.2 Å². The van der Waals surface area contributed by atoms with Crippen LogP contribution in [0.5, 0.6) is 0 Å². The Labute approximate surface area is 129 Å². The van der Waals surface area contributed by atoms with Crippen LogP contribution in [0, 0.1) is 5.92 Å². The maximum absolute atomic E-state index is 11.9. The van der Waals surface area contributed by atoms with E-state index in [1.807, 2.05) is 6.07 Å². The predicted molar refractivity (Wildman–Crippen MR) is 80.8 cm³/mol. The number of nitrogens with zero attached hydrogens (tertiary/aromatic N) is 3. The van der Waals surface area contributed by atoms with Gasteiger partial charge in [-0.15, -0.1) is 0 Å². The van der Waals surface area contributed by atoms with Crippen molar-refractivity contribution in [2.75, 3.05) is 32.8 Å². The van der Waals surface area contributed by atoms with E-state index in [1.54, 1.807) is 10.7 Å². The first kappa shape index (κ1) is 14.4. The van der Waals surface area contributed by atoms with Crippen LogP contribution in [0.2, 0.25) is 0 Å². The molecule has 1 aromatic heterocycles. The smallest absolute Gasteiger partial charge is 0.266 e. The van der Waals surface area contributed by atoms with Crippen molar-refractivity contribution >= 4 is 0 Å². The molecule has 2 aliphatic heterocycles. The zero-order valence-electron chi connectivity index (χ0n) is 12.8. The summed E-state index contributed by atoms with van der Waals surface area (Å²) in [7, 11) is 0. The Morgan fingerprint density at radius 1 is 1.36 bits per heavy atom. The van der Waals surface area contributed by atoms with E-state index in [0.29, 0.717) is 38.1 Å². The van der Waals surface area contributed by atoms with Crippen LogP contribution in [0.25, 0.3) is 0 Å². The zero-order valence-corrected chi connectivity index (χ0v) is 12.8. The molecule has 6 nitrogen and oxygen atoms in total. The Morgan fingerprint density at radius 3 is 2.86 bits per heavy atom. The first-order chi connectivity index (χ1) is 10.6. The van der Waals surface area contributed by atoms with E-state index in [1.165, 1.54) is 12.8 Å². The topological polar surface area (TPSA) is 67.6 Å². The molecule has 3 fully saturated rings. The maximum Gasteiger partial charge on any atom is 0.266 e. The van der Waals surface area contributed by atoms with E-state index in [4.69, 9.17) is 4.74 Å². The second-order valence-electron chi connectivity index (χ2n) is 7.14. The van der Waals surface area contributed by atoms with Gasteiger partial charge in [-0.2, -0.15) is 5.10 Å². The lowest BCUT2D eigenvalue weighted by atomic mass is 9.95. The number of aromatic nitrogens is 2. The molecule has 0 radical (unpaired) electrons. The lowest BCUT2D eigenvalue weighted by Gasteiger charge is -2.42. The van der Waals surface area contributed by atoms with Crippen LogP contribution in [0.3, 0.4) is 0 Å². The molecular weight excluding hydrogens is 282 g/mol. The van der Waals surface area contributed by atoms with E-state index in [2.05, 4.69) is 10.00 Å². The fraction of sp³-hybridized carbons (Fsp3) is 0.750. The molecule has 2 saturated heterocycles. The fourth-order valence-corrected chi connectivity index (χ4v) is 3.50. The highest BCUT2D eigenvalue weighted by Gasteiger charge is 2.38. The van der Waals surface area contributed by atoms with Gasteiger partial charge in [-0.25, -0.2) is 4.68 Å². The van der Waals surface area contributed by atoms with Crippen molar-refractivity contribution in [2.24, 2.45) is 5.92 Å². The highest BCUT2D eigenvalue weighted by atomic mass is 16.5. The summed E-state index contributed by atoms with van der Waals surface area (Å²) >= 11 is 0. The lowest BCUT2D eigenvalue weighted by Crippen LogP contribution is -2.55. The Balaban J connectivity index is 1.32. The van der Waals surface area contributed by atoms with Crippen LogP contribution >= 0.6 is 0 Å². The van der Waals surface area contributed by atoms with Crippen LogP contribution in [0.15, 0.2) is 16.9 Å². The van der Waals surface area contributed by atoms with Crippen molar-refractivity contribution in [3.63, 3.8) is 0 Å². The monoisotopic (exact) mass is 305 g/mol. The van der Waals surface area contributed by atoms with Crippen molar-refractivity contribution in [1.29, 1.82) is 0 Å². The minimum absolute atomic E-state index is 0.00864. The quantitative estimate of drug-likeness (QED) is 0.842. The van der Waals surface area contributed by atoms with Gasteiger partial charge in [0.05, 0.1) is 18.8 Å². The molecule has 0 aromatic carbocycles. The van der Waals surface area contributed by atoms with E-state index < -0.39 is 5.60 Å². The van der Waals surface area contributed by atoms with Crippen molar-refractivity contribution in [1.82, 2.24) is 14.7 Å². The number of hydrogen-bond donors (Lipinski definition) is 1. The van der Waals surface area contributed by atoms with Crippen molar-refractivity contribution in [2.45, 2.75) is 37.3 Å². The Kier molecular flexibility index (Phi) is 3.55. The van der Waals surface area contributed by atoms with Gasteiger partial charge >= 0.3 is 0 Å². The zero-order chi connectivity index (χ0) is 15.2. The molecule has 3 aliphatic rings. The third-order valence-electron chi connectivity index (χ3n) is 4.95. The molecule has 1 aromatic rings. The molecule has 1 unspecified atom stereocenters. The molecule has 120 valence electrons. The van der Waals surface area contributed by atoms with Crippen LogP contribution in [0.4, 0.5) is 0 Å². The van der Waals surface area contributed by atoms with E-state index in [9.17, 15) is 9.90 Å².